The Bertz CT molecular complexity index is 717. The summed E-state index contributed by atoms with van der Waals surface area (Å²) < 4.78 is 10.8. The zero-order valence-electron chi connectivity index (χ0n) is 13.0. The van der Waals surface area contributed by atoms with Crippen molar-refractivity contribution in [1.82, 2.24) is 5.32 Å². The van der Waals surface area contributed by atoms with Gasteiger partial charge in [-0.25, -0.2) is 0 Å². The van der Waals surface area contributed by atoms with Gasteiger partial charge >= 0.3 is 0 Å². The molecule has 2 aromatic carbocycles. The molecular weight excluding hydrogens is 330 g/mol. The van der Waals surface area contributed by atoms with E-state index < -0.39 is 6.10 Å². The van der Waals surface area contributed by atoms with Crippen molar-refractivity contribution in [2.24, 2.45) is 0 Å². The van der Waals surface area contributed by atoms with E-state index in [0.717, 1.165) is 23.3 Å². The van der Waals surface area contributed by atoms with Gasteiger partial charge in [-0.15, -0.1) is 0 Å². The van der Waals surface area contributed by atoms with Crippen molar-refractivity contribution in [3.8, 4) is 11.5 Å². The number of nitrogens with one attached hydrogen (secondary N) is 1. The summed E-state index contributed by atoms with van der Waals surface area (Å²) in [4.78, 5) is 11.8. The molecule has 0 spiro atoms. The molecule has 1 amide bonds. The van der Waals surface area contributed by atoms with Crippen LogP contribution in [0.5, 0.6) is 11.5 Å². The van der Waals surface area contributed by atoms with Crippen LogP contribution in [0.3, 0.4) is 0 Å². The molecule has 2 aromatic rings. The van der Waals surface area contributed by atoms with Gasteiger partial charge in [0.05, 0.1) is 12.7 Å². The number of carbonyl (C=O) groups is 1. The fourth-order valence-corrected chi connectivity index (χ4v) is 2.60. The summed E-state index contributed by atoms with van der Waals surface area (Å²) in [5.41, 5.74) is 1.85. The number of carbonyl (C=O) groups excluding carboxylic acids is 1. The molecule has 3 rings (SSSR count). The average Bonchev–Trinajstić information content (AvgIpc) is 3.06. The third kappa shape index (κ3) is 4.19. The molecule has 0 saturated heterocycles. The molecule has 24 heavy (non-hydrogen) atoms. The zero-order chi connectivity index (χ0) is 16.9. The average molecular weight is 348 g/mol. The van der Waals surface area contributed by atoms with E-state index in [0.29, 0.717) is 17.4 Å². The van der Waals surface area contributed by atoms with E-state index >= 15 is 0 Å². The summed E-state index contributed by atoms with van der Waals surface area (Å²) in [6.07, 6.45) is 0.0763. The Morgan fingerprint density at radius 1 is 1.29 bits per heavy atom. The van der Waals surface area contributed by atoms with Crippen LogP contribution in [0.15, 0.2) is 42.5 Å². The lowest BCUT2D eigenvalue weighted by atomic mass is 10.0. The molecule has 0 saturated carbocycles. The molecule has 6 heteroatoms. The number of ether oxygens (including phenoxy) is 2. The second-order valence-electron chi connectivity index (χ2n) is 5.53. The Balaban J connectivity index is 1.46. The maximum absolute atomic E-state index is 11.8. The Labute approximate surface area is 145 Å². The number of fused-ring (bicyclic) bond motifs is 1. The van der Waals surface area contributed by atoms with E-state index in [1.807, 2.05) is 18.2 Å². The normalized spacial score (nSPS) is 13.8. The number of rotatable bonds is 6. The molecular formula is C18H18ClNO4. The van der Waals surface area contributed by atoms with Gasteiger partial charge in [-0.2, -0.15) is 0 Å². The molecule has 1 unspecified atom stereocenters. The van der Waals surface area contributed by atoms with E-state index in [1.165, 1.54) is 0 Å². The Hall–Kier alpha value is -2.24. The highest BCUT2D eigenvalue weighted by Gasteiger charge is 2.16. The van der Waals surface area contributed by atoms with Crippen LogP contribution in [0, 0.1) is 0 Å². The van der Waals surface area contributed by atoms with Gasteiger partial charge in [0.2, 0.25) is 0 Å². The fraction of sp³-hybridized carbons (Fsp3) is 0.278. The number of aliphatic hydroxyl groups excluding tert-OH is 1. The van der Waals surface area contributed by atoms with Crippen LogP contribution < -0.4 is 14.8 Å². The predicted octanol–water partition coefficient (Wildman–Crippen LogP) is 2.50. The first-order chi connectivity index (χ1) is 11.6. The first-order valence-corrected chi connectivity index (χ1v) is 8.08. The van der Waals surface area contributed by atoms with Crippen LogP contribution in [0.25, 0.3) is 0 Å². The van der Waals surface area contributed by atoms with Crippen LogP contribution in [0.4, 0.5) is 0 Å². The van der Waals surface area contributed by atoms with Crippen molar-refractivity contribution < 1.29 is 19.4 Å². The first-order valence-electron chi connectivity index (χ1n) is 7.70. The highest BCUT2D eigenvalue weighted by atomic mass is 35.5. The first kappa shape index (κ1) is 16.6. The van der Waals surface area contributed by atoms with Gasteiger partial charge in [-0.1, -0.05) is 17.7 Å². The number of benzene rings is 2. The second-order valence-corrected chi connectivity index (χ2v) is 5.96. The van der Waals surface area contributed by atoms with E-state index in [1.54, 1.807) is 24.3 Å². The van der Waals surface area contributed by atoms with Crippen molar-refractivity contribution >= 4 is 17.5 Å². The van der Waals surface area contributed by atoms with E-state index in [-0.39, 0.29) is 19.1 Å². The maximum Gasteiger partial charge on any atom is 0.258 e. The van der Waals surface area contributed by atoms with Gasteiger partial charge in [0, 0.05) is 18.0 Å². The molecule has 1 atom stereocenters. The number of halogens is 1. The maximum atomic E-state index is 11.8. The van der Waals surface area contributed by atoms with E-state index in [9.17, 15) is 9.90 Å². The van der Waals surface area contributed by atoms with Crippen molar-refractivity contribution in [1.29, 1.82) is 0 Å². The number of hydrogen-bond acceptors (Lipinski definition) is 4. The molecule has 1 aliphatic heterocycles. The molecule has 0 bridgehead atoms. The van der Waals surface area contributed by atoms with Crippen LogP contribution in [-0.2, 0) is 11.2 Å². The molecule has 0 aromatic heterocycles. The number of hydrogen-bond donors (Lipinski definition) is 2. The Morgan fingerprint density at radius 2 is 2.08 bits per heavy atom. The third-order valence-electron chi connectivity index (χ3n) is 3.77. The van der Waals surface area contributed by atoms with Gasteiger partial charge in [0.15, 0.2) is 6.61 Å². The molecule has 2 N–H and O–H groups in total. The van der Waals surface area contributed by atoms with Gasteiger partial charge in [-0.05, 0) is 47.5 Å². The largest absolute Gasteiger partial charge is 0.493 e. The van der Waals surface area contributed by atoms with Crippen LogP contribution >= 0.6 is 11.6 Å². The number of amides is 1. The van der Waals surface area contributed by atoms with Crippen LogP contribution in [0.2, 0.25) is 5.02 Å². The van der Waals surface area contributed by atoms with Crippen LogP contribution in [-0.4, -0.2) is 30.8 Å². The predicted molar refractivity (Wildman–Crippen MR) is 90.6 cm³/mol. The summed E-state index contributed by atoms with van der Waals surface area (Å²) in [6.45, 7) is 0.683. The monoisotopic (exact) mass is 347 g/mol. The van der Waals surface area contributed by atoms with Crippen LogP contribution in [0.1, 0.15) is 17.2 Å². The third-order valence-corrected chi connectivity index (χ3v) is 4.03. The zero-order valence-corrected chi connectivity index (χ0v) is 13.8. The molecule has 0 aliphatic carbocycles. The topological polar surface area (TPSA) is 67.8 Å². The summed E-state index contributed by atoms with van der Waals surface area (Å²) in [7, 11) is 0. The molecule has 0 radical (unpaired) electrons. The SMILES string of the molecule is O=C(COc1ccc(Cl)cc1)NCC(O)c1ccc2c(c1)CCO2. The Kier molecular flexibility index (Phi) is 5.23. The highest BCUT2D eigenvalue weighted by Crippen LogP contribution is 2.28. The van der Waals surface area contributed by atoms with Crippen molar-refractivity contribution in [2.75, 3.05) is 19.8 Å². The number of aliphatic hydroxyl groups is 1. The molecule has 5 nitrogen and oxygen atoms in total. The molecule has 126 valence electrons. The van der Waals surface area contributed by atoms with E-state index in [4.69, 9.17) is 21.1 Å². The lowest BCUT2D eigenvalue weighted by Crippen LogP contribution is -2.32. The van der Waals surface area contributed by atoms with Gasteiger partial charge in [0.25, 0.3) is 5.91 Å². The quantitative estimate of drug-likeness (QED) is 0.842. The molecule has 1 heterocycles. The minimum Gasteiger partial charge on any atom is -0.493 e. The van der Waals surface area contributed by atoms with Gasteiger partial charge < -0.3 is 19.9 Å². The highest BCUT2D eigenvalue weighted by molar-refractivity contribution is 6.30. The minimum absolute atomic E-state index is 0.119. The standard InChI is InChI=1S/C18H18ClNO4/c19-14-2-4-15(5-3-14)24-11-18(22)20-10-16(21)12-1-6-17-13(9-12)7-8-23-17/h1-6,9,16,21H,7-8,10-11H2,(H,20,22). The van der Waals surface area contributed by atoms with Gasteiger partial charge in [-0.3, -0.25) is 4.79 Å². The minimum atomic E-state index is -0.768. The second kappa shape index (κ2) is 7.55. The summed E-state index contributed by atoms with van der Waals surface area (Å²) in [6, 6.07) is 12.3. The lowest BCUT2D eigenvalue weighted by Gasteiger charge is -2.13. The smallest absolute Gasteiger partial charge is 0.258 e. The summed E-state index contributed by atoms with van der Waals surface area (Å²) in [5, 5.41) is 13.5. The van der Waals surface area contributed by atoms with Crippen molar-refractivity contribution in [3.63, 3.8) is 0 Å². The molecule has 0 fully saturated rings. The molecule has 1 aliphatic rings. The van der Waals surface area contributed by atoms with Crippen molar-refractivity contribution in [3.05, 3.63) is 58.6 Å². The summed E-state index contributed by atoms with van der Waals surface area (Å²) in [5.74, 6) is 1.13. The summed E-state index contributed by atoms with van der Waals surface area (Å²) >= 11 is 5.78. The Morgan fingerprint density at radius 3 is 2.88 bits per heavy atom. The lowest BCUT2D eigenvalue weighted by molar-refractivity contribution is -0.123. The fourth-order valence-electron chi connectivity index (χ4n) is 2.47. The van der Waals surface area contributed by atoms with Gasteiger partial charge in [0.1, 0.15) is 11.5 Å². The van der Waals surface area contributed by atoms with Crippen molar-refractivity contribution in [2.45, 2.75) is 12.5 Å². The van der Waals surface area contributed by atoms with E-state index in [2.05, 4.69) is 5.32 Å².